The largest absolute Gasteiger partial charge is 0.351 e. The lowest BCUT2D eigenvalue weighted by atomic mass is 10.1. The fraction of sp³-hybridized carbons (Fsp3) is 0.562. The van der Waals surface area contributed by atoms with Gasteiger partial charge in [0, 0.05) is 27.6 Å². The molecule has 2 aliphatic heterocycles. The molecule has 1 saturated heterocycles. The van der Waals surface area contributed by atoms with E-state index < -0.39 is 12.1 Å². The number of fused-ring (bicyclic) bond motifs is 1. The number of nitrogens with zero attached hydrogens (tertiary/aromatic N) is 5. The highest BCUT2D eigenvalue weighted by Gasteiger charge is 2.42. The number of imide groups is 1. The number of likely N-dealkylation sites (N-methyl/N-ethyl adjacent to an activating group) is 2. The first kappa shape index (κ1) is 17.9. The van der Waals surface area contributed by atoms with Gasteiger partial charge in [0.05, 0.1) is 37.4 Å². The van der Waals surface area contributed by atoms with Gasteiger partial charge in [0.1, 0.15) is 6.04 Å². The maximum absolute atomic E-state index is 12.6. The molecule has 0 bridgehead atoms. The molecule has 10 nitrogen and oxygen atoms in total. The van der Waals surface area contributed by atoms with Crippen molar-refractivity contribution < 1.29 is 19.2 Å². The van der Waals surface area contributed by atoms with E-state index in [1.807, 2.05) is 10.7 Å². The van der Waals surface area contributed by atoms with E-state index in [0.717, 1.165) is 16.3 Å². The topological polar surface area (TPSA) is 108 Å². The van der Waals surface area contributed by atoms with Crippen LogP contribution in [0.4, 0.5) is 4.79 Å². The van der Waals surface area contributed by atoms with E-state index >= 15 is 0 Å². The van der Waals surface area contributed by atoms with Gasteiger partial charge >= 0.3 is 6.03 Å². The Morgan fingerprint density at radius 3 is 2.62 bits per heavy atom. The summed E-state index contributed by atoms with van der Waals surface area (Å²) in [5, 5.41) is 7.11. The van der Waals surface area contributed by atoms with E-state index in [1.165, 1.54) is 25.9 Å². The van der Waals surface area contributed by atoms with Crippen molar-refractivity contribution in [2.75, 3.05) is 20.6 Å². The Morgan fingerprint density at radius 1 is 1.27 bits per heavy atom. The van der Waals surface area contributed by atoms with Crippen molar-refractivity contribution >= 4 is 23.8 Å². The molecule has 2 aliphatic rings. The number of carbonyl (C=O) groups excluding carboxylic acids is 4. The normalized spacial score (nSPS) is 19.8. The van der Waals surface area contributed by atoms with E-state index in [1.54, 1.807) is 4.90 Å². The van der Waals surface area contributed by atoms with Gasteiger partial charge in [0.2, 0.25) is 11.8 Å². The molecular formula is C16H22N6O4. The monoisotopic (exact) mass is 362 g/mol. The summed E-state index contributed by atoms with van der Waals surface area (Å²) >= 11 is 0. The zero-order valence-corrected chi connectivity index (χ0v) is 15.1. The second-order valence-corrected chi connectivity index (χ2v) is 6.59. The standard InChI is InChI=1S/C16H22N6O4/c1-10(23)17-8-11-6-12-9-21(4-5-22(12)18-11)14(24)7-13-15(25)20(3)16(26)19(13)2/h6,13H,4-5,7-9H2,1-3H3,(H,17,23). The molecule has 0 radical (unpaired) electrons. The van der Waals surface area contributed by atoms with E-state index in [9.17, 15) is 19.2 Å². The van der Waals surface area contributed by atoms with Crippen LogP contribution in [0.1, 0.15) is 24.7 Å². The van der Waals surface area contributed by atoms with Crippen molar-refractivity contribution in [3.05, 3.63) is 17.5 Å². The van der Waals surface area contributed by atoms with Crippen LogP contribution in [-0.4, -0.2) is 74.9 Å². The highest BCUT2D eigenvalue weighted by molar-refractivity contribution is 6.05. The molecule has 3 rings (SSSR count). The van der Waals surface area contributed by atoms with Crippen molar-refractivity contribution in [1.29, 1.82) is 0 Å². The molecule has 1 fully saturated rings. The second-order valence-electron chi connectivity index (χ2n) is 6.59. The van der Waals surface area contributed by atoms with Crippen molar-refractivity contribution in [3.63, 3.8) is 0 Å². The van der Waals surface area contributed by atoms with Crippen LogP contribution in [0.25, 0.3) is 0 Å². The summed E-state index contributed by atoms with van der Waals surface area (Å²) in [5.74, 6) is -0.655. The summed E-state index contributed by atoms with van der Waals surface area (Å²) in [6.45, 7) is 3.22. The third kappa shape index (κ3) is 3.26. The fourth-order valence-corrected chi connectivity index (χ4v) is 3.21. The molecule has 1 atom stereocenters. The van der Waals surface area contributed by atoms with E-state index in [4.69, 9.17) is 0 Å². The quantitative estimate of drug-likeness (QED) is 0.702. The van der Waals surface area contributed by atoms with Crippen molar-refractivity contribution in [2.24, 2.45) is 0 Å². The summed E-state index contributed by atoms with van der Waals surface area (Å²) in [6, 6.07) is 0.716. The minimum atomic E-state index is -0.748. The Hall–Kier alpha value is -2.91. The molecule has 26 heavy (non-hydrogen) atoms. The number of rotatable bonds is 4. The first-order valence-corrected chi connectivity index (χ1v) is 8.40. The Kier molecular flexibility index (Phi) is 4.66. The lowest BCUT2D eigenvalue weighted by Gasteiger charge is -2.29. The first-order valence-electron chi connectivity index (χ1n) is 8.40. The van der Waals surface area contributed by atoms with Gasteiger partial charge in [0.15, 0.2) is 0 Å². The summed E-state index contributed by atoms with van der Waals surface area (Å²) in [4.78, 5) is 51.6. The summed E-state index contributed by atoms with van der Waals surface area (Å²) < 4.78 is 1.82. The molecule has 10 heteroatoms. The Morgan fingerprint density at radius 2 is 2.00 bits per heavy atom. The average Bonchev–Trinajstić information content (AvgIpc) is 3.10. The van der Waals surface area contributed by atoms with E-state index in [0.29, 0.717) is 26.2 Å². The number of hydrogen-bond acceptors (Lipinski definition) is 5. The molecule has 3 heterocycles. The molecule has 0 aliphatic carbocycles. The highest BCUT2D eigenvalue weighted by atomic mass is 16.2. The number of urea groups is 1. The van der Waals surface area contributed by atoms with Gasteiger partial charge in [-0.15, -0.1) is 0 Å². The van der Waals surface area contributed by atoms with Crippen LogP contribution in [0.2, 0.25) is 0 Å². The minimum absolute atomic E-state index is 0.0295. The highest BCUT2D eigenvalue weighted by Crippen LogP contribution is 2.20. The third-order valence-corrected chi connectivity index (χ3v) is 4.76. The molecule has 1 aromatic rings. The summed E-state index contributed by atoms with van der Waals surface area (Å²) in [7, 11) is 2.95. The maximum atomic E-state index is 12.6. The molecule has 1 N–H and O–H groups in total. The van der Waals surface area contributed by atoms with Crippen molar-refractivity contribution in [1.82, 2.24) is 29.8 Å². The maximum Gasteiger partial charge on any atom is 0.326 e. The number of hydrogen-bond donors (Lipinski definition) is 1. The van der Waals surface area contributed by atoms with Crippen LogP contribution < -0.4 is 5.32 Å². The van der Waals surface area contributed by atoms with Crippen molar-refractivity contribution in [3.8, 4) is 0 Å². The molecule has 140 valence electrons. The third-order valence-electron chi connectivity index (χ3n) is 4.76. The van der Waals surface area contributed by atoms with Crippen LogP contribution >= 0.6 is 0 Å². The predicted octanol–water partition coefficient (Wildman–Crippen LogP) is -0.856. The number of nitrogens with one attached hydrogen (secondary N) is 1. The van der Waals surface area contributed by atoms with Gasteiger partial charge in [-0.3, -0.25) is 24.0 Å². The smallest absolute Gasteiger partial charge is 0.326 e. The zero-order valence-electron chi connectivity index (χ0n) is 15.1. The summed E-state index contributed by atoms with van der Waals surface area (Å²) in [5.41, 5.74) is 1.62. The predicted molar refractivity (Wildman–Crippen MR) is 89.5 cm³/mol. The molecule has 5 amide bonds. The molecule has 1 aromatic heterocycles. The molecule has 0 aromatic carbocycles. The van der Waals surface area contributed by atoms with Gasteiger partial charge in [-0.1, -0.05) is 0 Å². The first-order chi connectivity index (χ1) is 12.3. The molecular weight excluding hydrogens is 340 g/mol. The number of carbonyl (C=O) groups is 4. The SMILES string of the molecule is CC(=O)NCc1cc2n(n1)CCN(C(=O)CC1C(=O)N(C)C(=O)N1C)C2. The second kappa shape index (κ2) is 6.77. The Bertz CT molecular complexity index is 773. The summed E-state index contributed by atoms with van der Waals surface area (Å²) in [6.07, 6.45) is -0.0295. The van der Waals surface area contributed by atoms with Gasteiger partial charge in [-0.05, 0) is 6.07 Å². The lowest BCUT2D eigenvalue weighted by molar-refractivity contribution is -0.137. The van der Waals surface area contributed by atoms with Gasteiger partial charge in [0.25, 0.3) is 5.91 Å². The minimum Gasteiger partial charge on any atom is -0.351 e. The molecule has 1 unspecified atom stereocenters. The average molecular weight is 362 g/mol. The number of amides is 5. The number of aromatic nitrogens is 2. The van der Waals surface area contributed by atoms with Crippen LogP contribution in [0.5, 0.6) is 0 Å². The van der Waals surface area contributed by atoms with Gasteiger partial charge in [-0.2, -0.15) is 5.10 Å². The molecule has 0 spiro atoms. The van der Waals surface area contributed by atoms with Crippen molar-refractivity contribution in [2.45, 2.75) is 39.0 Å². The lowest BCUT2D eigenvalue weighted by Crippen LogP contribution is -2.42. The Balaban J connectivity index is 1.63. The fourth-order valence-electron chi connectivity index (χ4n) is 3.21. The van der Waals surface area contributed by atoms with Crippen LogP contribution in [0, 0.1) is 0 Å². The van der Waals surface area contributed by atoms with Crippen LogP contribution in [0.15, 0.2) is 6.07 Å². The van der Waals surface area contributed by atoms with Gasteiger partial charge < -0.3 is 15.1 Å². The van der Waals surface area contributed by atoms with E-state index in [2.05, 4.69) is 10.4 Å². The zero-order chi connectivity index (χ0) is 19.0. The van der Waals surface area contributed by atoms with Crippen LogP contribution in [0.3, 0.4) is 0 Å². The Labute approximate surface area is 150 Å². The van der Waals surface area contributed by atoms with E-state index in [-0.39, 0.29) is 24.1 Å². The molecule has 0 saturated carbocycles. The van der Waals surface area contributed by atoms with Crippen LogP contribution in [-0.2, 0) is 34.0 Å². The van der Waals surface area contributed by atoms with Gasteiger partial charge in [-0.25, -0.2) is 4.79 Å².